The zero-order valence-corrected chi connectivity index (χ0v) is 18.9. The van der Waals surface area contributed by atoms with E-state index in [0.717, 1.165) is 25.1 Å². The number of benzene rings is 3. The number of ketones is 1. The van der Waals surface area contributed by atoms with Crippen molar-refractivity contribution in [2.75, 3.05) is 0 Å². The molecule has 1 aromatic heterocycles. The fraction of sp³-hybridized carbons (Fsp3) is 0.0417. The fourth-order valence-corrected chi connectivity index (χ4v) is 4.47. The topological polar surface area (TPSA) is 129 Å². The Bertz CT molecular complexity index is 1570. The monoisotopic (exact) mass is 497 g/mol. The Morgan fingerprint density at radius 2 is 1.63 bits per heavy atom. The normalized spacial score (nSPS) is 12.3. The minimum Gasteiger partial charge on any atom is -0.506 e. The van der Waals surface area contributed by atoms with Crippen LogP contribution in [0, 0.1) is 11.6 Å². The molecular weight excluding hydrogens is 480 g/mol. The van der Waals surface area contributed by atoms with E-state index < -0.39 is 44.7 Å². The first-order chi connectivity index (χ1) is 16.5. The molecule has 0 bridgehead atoms. The molecule has 8 nitrogen and oxygen atoms in total. The molecule has 4 rings (SSSR count). The number of halogens is 2. The average molecular weight is 497 g/mol. The molecule has 0 unspecified atom stereocenters. The highest BCUT2D eigenvalue weighted by atomic mass is 32.2. The number of aromatic amines is 1. The van der Waals surface area contributed by atoms with Crippen LogP contribution in [-0.2, 0) is 14.8 Å². The number of Topliss-reactive ketones (excluding diaryl/α,β-unsaturated/α-hetero) is 1. The van der Waals surface area contributed by atoms with E-state index in [1.807, 2.05) is 0 Å². The molecule has 0 aliphatic carbocycles. The summed E-state index contributed by atoms with van der Waals surface area (Å²) >= 11 is 0. The maximum atomic E-state index is 13.9. The number of nitrogens with zero attached hydrogens (tertiary/aromatic N) is 1. The lowest BCUT2D eigenvalue weighted by Crippen LogP contribution is -2.28. The van der Waals surface area contributed by atoms with Gasteiger partial charge in [0.2, 0.25) is 11.7 Å². The number of allylic oxidation sites excluding steroid dienone is 1. The number of hydrogen-bond acceptors (Lipinski definition) is 6. The van der Waals surface area contributed by atoms with Crippen molar-refractivity contribution in [2.45, 2.75) is 11.8 Å². The zero-order valence-electron chi connectivity index (χ0n) is 18.0. The molecule has 0 spiro atoms. The Labute approximate surface area is 198 Å². The molecule has 0 aliphatic rings. The van der Waals surface area contributed by atoms with E-state index in [0.29, 0.717) is 17.1 Å². The van der Waals surface area contributed by atoms with Crippen molar-refractivity contribution in [1.29, 1.82) is 0 Å². The Kier molecular flexibility index (Phi) is 6.18. The summed E-state index contributed by atoms with van der Waals surface area (Å²) in [6.07, 6.45) is 0. The van der Waals surface area contributed by atoms with Crippen LogP contribution in [0.4, 0.5) is 8.78 Å². The quantitative estimate of drug-likeness (QED) is 0.210. The Hall–Kier alpha value is -4.38. The van der Waals surface area contributed by atoms with Crippen molar-refractivity contribution in [1.82, 2.24) is 14.7 Å². The second-order valence-corrected chi connectivity index (χ2v) is 9.19. The standard InChI is InChI=1S/C24H17F2N3O5S/c1-13(30)29-35(33,34)18-6-4-5-14(11-18)22(31)21(23(32)15-9-16(25)12-17(26)10-15)24-27-19-7-2-3-8-20(19)28-24/h2-12,32H,1H3,(H,27,28)(H,29,30). The summed E-state index contributed by atoms with van der Waals surface area (Å²) in [6.45, 7) is 1.02. The highest BCUT2D eigenvalue weighted by Gasteiger charge is 2.26. The molecule has 0 saturated heterocycles. The van der Waals surface area contributed by atoms with Crippen molar-refractivity contribution in [3.05, 3.63) is 95.3 Å². The van der Waals surface area contributed by atoms with Gasteiger partial charge in [-0.25, -0.2) is 26.9 Å². The summed E-state index contributed by atoms with van der Waals surface area (Å²) < 4.78 is 54.3. The molecule has 1 heterocycles. The number of rotatable bonds is 6. The number of nitrogens with one attached hydrogen (secondary N) is 2. The molecule has 3 aromatic carbocycles. The smallest absolute Gasteiger partial charge is 0.264 e. The van der Waals surface area contributed by atoms with Gasteiger partial charge in [-0.15, -0.1) is 0 Å². The van der Waals surface area contributed by atoms with Crippen molar-refractivity contribution >= 4 is 44.1 Å². The molecule has 3 N–H and O–H groups in total. The van der Waals surface area contributed by atoms with E-state index >= 15 is 0 Å². The summed E-state index contributed by atoms with van der Waals surface area (Å²) in [7, 11) is -4.26. The number of carbonyl (C=O) groups excluding carboxylic acids is 2. The molecule has 35 heavy (non-hydrogen) atoms. The van der Waals surface area contributed by atoms with Crippen LogP contribution >= 0.6 is 0 Å². The predicted octanol–water partition coefficient (Wildman–Crippen LogP) is 3.98. The molecule has 178 valence electrons. The summed E-state index contributed by atoms with van der Waals surface area (Å²) in [5.74, 6) is -4.55. The lowest BCUT2D eigenvalue weighted by atomic mass is 9.98. The average Bonchev–Trinajstić information content (AvgIpc) is 3.21. The van der Waals surface area contributed by atoms with E-state index in [2.05, 4.69) is 9.97 Å². The van der Waals surface area contributed by atoms with Crippen LogP contribution in [-0.4, -0.2) is 35.2 Å². The van der Waals surface area contributed by atoms with Crippen LogP contribution in [0.25, 0.3) is 22.4 Å². The molecule has 0 aliphatic heterocycles. The largest absolute Gasteiger partial charge is 0.506 e. The predicted molar refractivity (Wildman–Crippen MR) is 124 cm³/mol. The number of aromatic nitrogens is 2. The van der Waals surface area contributed by atoms with Crippen molar-refractivity contribution in [3.63, 3.8) is 0 Å². The SMILES string of the molecule is CC(=O)NS(=O)(=O)c1cccc(C(=O)C(=C(O)c2cc(F)cc(F)c2)c2nc3ccccc3[nH]2)c1. The minimum absolute atomic E-state index is 0.103. The number of para-hydroxylation sites is 2. The number of aliphatic hydroxyl groups excluding tert-OH is 1. The number of hydrogen-bond donors (Lipinski definition) is 3. The van der Waals surface area contributed by atoms with Crippen LogP contribution in [0.15, 0.2) is 71.6 Å². The fourth-order valence-electron chi connectivity index (χ4n) is 3.43. The lowest BCUT2D eigenvalue weighted by molar-refractivity contribution is -0.117. The molecular formula is C24H17F2N3O5S. The second kappa shape index (κ2) is 9.11. The zero-order chi connectivity index (χ0) is 25.3. The summed E-state index contributed by atoms with van der Waals surface area (Å²) in [4.78, 5) is 31.6. The summed E-state index contributed by atoms with van der Waals surface area (Å²) in [5.41, 5.74) is 0.0185. The lowest BCUT2D eigenvalue weighted by Gasteiger charge is -2.11. The van der Waals surface area contributed by atoms with Gasteiger partial charge in [0.05, 0.1) is 15.9 Å². The van der Waals surface area contributed by atoms with Gasteiger partial charge >= 0.3 is 0 Å². The van der Waals surface area contributed by atoms with Gasteiger partial charge in [-0.3, -0.25) is 9.59 Å². The highest BCUT2D eigenvalue weighted by Crippen LogP contribution is 2.29. The van der Waals surface area contributed by atoms with Crippen LogP contribution < -0.4 is 4.72 Å². The number of sulfonamides is 1. The van der Waals surface area contributed by atoms with Gasteiger partial charge in [0.15, 0.2) is 0 Å². The number of fused-ring (bicyclic) bond motifs is 1. The molecule has 0 atom stereocenters. The molecule has 1 amide bonds. The van der Waals surface area contributed by atoms with Gasteiger partial charge in [0, 0.05) is 24.1 Å². The van der Waals surface area contributed by atoms with Gasteiger partial charge in [0.25, 0.3) is 10.0 Å². The number of amides is 1. The van der Waals surface area contributed by atoms with Crippen LogP contribution in [0.2, 0.25) is 0 Å². The summed E-state index contributed by atoms with van der Waals surface area (Å²) in [5, 5.41) is 11.0. The number of carbonyl (C=O) groups is 2. The highest BCUT2D eigenvalue weighted by molar-refractivity contribution is 7.90. The second-order valence-electron chi connectivity index (χ2n) is 7.50. The maximum absolute atomic E-state index is 13.9. The van der Waals surface area contributed by atoms with E-state index in [-0.39, 0.29) is 21.8 Å². The van der Waals surface area contributed by atoms with Gasteiger partial charge in [-0.05, 0) is 36.4 Å². The first kappa shape index (κ1) is 23.8. The first-order valence-electron chi connectivity index (χ1n) is 10.1. The van der Waals surface area contributed by atoms with Gasteiger partial charge in [-0.1, -0.05) is 24.3 Å². The Morgan fingerprint density at radius 3 is 2.29 bits per heavy atom. The van der Waals surface area contributed by atoms with Gasteiger partial charge < -0.3 is 10.1 Å². The molecule has 11 heteroatoms. The Morgan fingerprint density at radius 1 is 0.943 bits per heavy atom. The Balaban J connectivity index is 1.91. The third kappa shape index (κ3) is 4.94. The summed E-state index contributed by atoms with van der Waals surface area (Å²) in [6, 6.07) is 13.8. The number of H-pyrrole nitrogens is 1. The number of imidazole rings is 1. The number of aliphatic hydroxyl groups is 1. The van der Waals surface area contributed by atoms with Crippen molar-refractivity contribution in [3.8, 4) is 0 Å². The molecule has 4 aromatic rings. The van der Waals surface area contributed by atoms with Gasteiger partial charge in [0.1, 0.15) is 28.8 Å². The molecule has 0 saturated carbocycles. The third-order valence-corrected chi connectivity index (χ3v) is 6.34. The van der Waals surface area contributed by atoms with Crippen LogP contribution in [0.1, 0.15) is 28.7 Å². The molecule has 0 radical (unpaired) electrons. The van der Waals surface area contributed by atoms with E-state index in [1.54, 1.807) is 29.0 Å². The van der Waals surface area contributed by atoms with E-state index in [4.69, 9.17) is 0 Å². The molecule has 0 fully saturated rings. The van der Waals surface area contributed by atoms with Crippen LogP contribution in [0.3, 0.4) is 0 Å². The van der Waals surface area contributed by atoms with E-state index in [9.17, 15) is 31.9 Å². The first-order valence-corrected chi connectivity index (χ1v) is 11.6. The van der Waals surface area contributed by atoms with Crippen molar-refractivity contribution in [2.24, 2.45) is 0 Å². The van der Waals surface area contributed by atoms with Crippen molar-refractivity contribution < 1.29 is 31.9 Å². The third-order valence-electron chi connectivity index (χ3n) is 4.91. The van der Waals surface area contributed by atoms with E-state index in [1.165, 1.54) is 18.2 Å². The van der Waals surface area contributed by atoms with Gasteiger partial charge in [-0.2, -0.15) is 0 Å². The van der Waals surface area contributed by atoms with Crippen LogP contribution in [0.5, 0.6) is 0 Å². The maximum Gasteiger partial charge on any atom is 0.264 e. The minimum atomic E-state index is -4.26.